The van der Waals surface area contributed by atoms with Crippen molar-refractivity contribution in [2.24, 2.45) is 0 Å². The molecule has 0 saturated carbocycles. The Morgan fingerprint density at radius 1 is 0.333 bits per heavy atom. The quantitative estimate of drug-likeness (QED) is 0.116. The molecule has 0 unspecified atom stereocenters. The summed E-state index contributed by atoms with van der Waals surface area (Å²) in [6.07, 6.45) is 0. The Hall–Kier alpha value is -3.48. The van der Waals surface area contributed by atoms with Gasteiger partial charge in [-0.15, -0.1) is 0 Å². The monoisotopic (exact) mass is 808 g/mol. The summed E-state index contributed by atoms with van der Waals surface area (Å²) >= 11 is -7.70. The van der Waals surface area contributed by atoms with E-state index in [0.29, 0.717) is 0 Å². The van der Waals surface area contributed by atoms with Gasteiger partial charge in [-0.3, -0.25) is 0 Å². The van der Waals surface area contributed by atoms with Gasteiger partial charge in [0, 0.05) is 0 Å². The van der Waals surface area contributed by atoms with E-state index < -0.39 is 80.1 Å². The maximum absolute atomic E-state index is 13.5. The molecule has 240 valence electrons. The second kappa shape index (κ2) is 12.7. The molecular formula is C24H24N4O12S4Sn. The van der Waals surface area contributed by atoms with E-state index in [-0.39, 0.29) is 22.7 Å². The van der Waals surface area contributed by atoms with Gasteiger partial charge in [0.05, 0.1) is 0 Å². The fraction of sp³-hybridized carbons (Fsp3) is 0. The SMILES string of the molecule is Nc1ccc(S(=O)(=O)[O][Sn]([O]S(=O)(=O)c2ccc(N)cc2)([O]S(=O)(=O)c2ccc(N)cc2)[O]S(=O)(=O)c2ccc(N)cc2)cc1. The summed E-state index contributed by atoms with van der Waals surface area (Å²) in [4.78, 5) is -2.86. The first-order valence-corrected chi connectivity index (χ1v) is 22.4. The summed E-state index contributed by atoms with van der Waals surface area (Å²) < 4.78 is 128. The third-order valence-corrected chi connectivity index (χ3v) is 25.1. The third kappa shape index (κ3) is 8.42. The second-order valence-corrected chi connectivity index (χ2v) is 23.7. The number of anilines is 4. The van der Waals surface area contributed by atoms with Crippen LogP contribution >= 0.6 is 0 Å². The zero-order valence-electron chi connectivity index (χ0n) is 22.6. The molecule has 0 aliphatic carbocycles. The zero-order valence-corrected chi connectivity index (χ0v) is 28.7. The first-order chi connectivity index (χ1) is 20.8. The average Bonchev–Trinajstić information content (AvgIpc) is 2.92. The van der Waals surface area contributed by atoms with Crippen molar-refractivity contribution >= 4 is 83.3 Å². The molecule has 4 aromatic rings. The van der Waals surface area contributed by atoms with Crippen LogP contribution in [0, 0.1) is 0 Å². The van der Waals surface area contributed by atoms with Crippen LogP contribution in [0.4, 0.5) is 22.7 Å². The van der Waals surface area contributed by atoms with Crippen LogP contribution in [-0.2, 0) is 50.6 Å². The Kier molecular flexibility index (Phi) is 9.73. The van der Waals surface area contributed by atoms with Gasteiger partial charge < -0.3 is 0 Å². The Morgan fingerprint density at radius 2 is 0.489 bits per heavy atom. The molecule has 45 heavy (non-hydrogen) atoms. The van der Waals surface area contributed by atoms with Crippen LogP contribution in [0.15, 0.2) is 117 Å². The molecule has 0 amide bonds. The molecule has 4 aromatic carbocycles. The molecule has 8 N–H and O–H groups in total. The molecule has 0 aliphatic rings. The third-order valence-electron chi connectivity index (χ3n) is 5.52. The average molecular weight is 807 g/mol. The van der Waals surface area contributed by atoms with Gasteiger partial charge >= 0.3 is 267 Å². The molecule has 0 saturated heterocycles. The molecule has 0 atom stereocenters. The number of nitrogen functional groups attached to an aromatic ring is 4. The van der Waals surface area contributed by atoms with Crippen molar-refractivity contribution in [1.82, 2.24) is 0 Å². The Bertz CT molecular complexity index is 1810. The van der Waals surface area contributed by atoms with E-state index in [1.54, 1.807) is 0 Å². The maximum atomic E-state index is 13.5. The number of benzene rings is 4. The van der Waals surface area contributed by atoms with E-state index in [1.165, 1.54) is 0 Å². The van der Waals surface area contributed by atoms with Crippen LogP contribution in [0.5, 0.6) is 0 Å². The van der Waals surface area contributed by atoms with Crippen LogP contribution in [0.25, 0.3) is 0 Å². The van der Waals surface area contributed by atoms with Gasteiger partial charge in [-0.05, 0) is 0 Å². The van der Waals surface area contributed by atoms with Gasteiger partial charge in [0.25, 0.3) is 0 Å². The summed E-state index contributed by atoms with van der Waals surface area (Å²) in [6.45, 7) is 0. The molecule has 21 heteroatoms. The van der Waals surface area contributed by atoms with Gasteiger partial charge in [0.1, 0.15) is 0 Å². The summed E-state index contributed by atoms with van der Waals surface area (Å²) in [6, 6.07) is 16.3. The van der Waals surface area contributed by atoms with Crippen LogP contribution in [0.1, 0.15) is 0 Å². The minimum atomic E-state index is -7.70. The first kappa shape index (κ1) is 34.4. The molecular weight excluding hydrogens is 783 g/mol. The summed E-state index contributed by atoms with van der Waals surface area (Å²) in [5.74, 6) is 0. The fourth-order valence-electron chi connectivity index (χ4n) is 3.35. The number of rotatable bonds is 12. The van der Waals surface area contributed by atoms with Crippen molar-refractivity contribution in [1.29, 1.82) is 0 Å². The Balaban J connectivity index is 1.97. The second-order valence-electron chi connectivity index (χ2n) is 8.93. The minimum absolute atomic E-state index is 0.107. The molecule has 4 rings (SSSR count). The van der Waals surface area contributed by atoms with E-state index in [4.69, 9.17) is 33.0 Å². The van der Waals surface area contributed by atoms with E-state index in [0.717, 1.165) is 97.1 Å². The summed E-state index contributed by atoms with van der Waals surface area (Å²) in [5.41, 5.74) is 22.9. The summed E-state index contributed by atoms with van der Waals surface area (Å²) in [5, 5.41) is 0. The van der Waals surface area contributed by atoms with E-state index in [1.807, 2.05) is 0 Å². The van der Waals surface area contributed by atoms with Crippen LogP contribution in [-0.4, -0.2) is 53.7 Å². The standard InChI is InChI=1S/4C6H7NO3S.Sn/c4*7-5-1-3-6(4-2-5)11(8,9)10;/h4*1-4H,7H2,(H,8,9,10);/q;;;;+4/p-4. The Morgan fingerprint density at radius 3 is 0.644 bits per heavy atom. The molecule has 0 radical (unpaired) electrons. The van der Waals surface area contributed by atoms with Crippen molar-refractivity contribution in [3.05, 3.63) is 97.1 Å². The van der Waals surface area contributed by atoms with Crippen molar-refractivity contribution in [2.45, 2.75) is 19.6 Å². The molecule has 16 nitrogen and oxygen atoms in total. The van der Waals surface area contributed by atoms with E-state index in [9.17, 15) is 33.7 Å². The fourth-order valence-corrected chi connectivity index (χ4v) is 24.1. The zero-order chi connectivity index (χ0) is 33.3. The topological polar surface area (TPSA) is 278 Å². The predicted molar refractivity (Wildman–Crippen MR) is 162 cm³/mol. The van der Waals surface area contributed by atoms with Crippen molar-refractivity contribution < 1.29 is 43.8 Å². The van der Waals surface area contributed by atoms with Crippen molar-refractivity contribution in [2.75, 3.05) is 22.9 Å². The van der Waals surface area contributed by atoms with Gasteiger partial charge in [-0.1, -0.05) is 0 Å². The predicted octanol–water partition coefficient (Wildman–Crippen LogP) is 1.37. The van der Waals surface area contributed by atoms with Gasteiger partial charge in [-0.2, -0.15) is 0 Å². The number of nitrogens with two attached hydrogens (primary N) is 4. The van der Waals surface area contributed by atoms with Crippen LogP contribution < -0.4 is 22.9 Å². The van der Waals surface area contributed by atoms with Gasteiger partial charge in [-0.25, -0.2) is 0 Å². The molecule has 0 spiro atoms. The van der Waals surface area contributed by atoms with Crippen LogP contribution in [0.2, 0.25) is 0 Å². The molecule has 0 bridgehead atoms. The van der Waals surface area contributed by atoms with Crippen molar-refractivity contribution in [3.8, 4) is 0 Å². The molecule has 0 aliphatic heterocycles. The summed E-state index contributed by atoms with van der Waals surface area (Å²) in [7, 11) is -21.2. The molecule has 0 aromatic heterocycles. The van der Waals surface area contributed by atoms with E-state index >= 15 is 0 Å². The molecule has 0 fully saturated rings. The number of hydrogen-bond acceptors (Lipinski definition) is 16. The first-order valence-electron chi connectivity index (χ1n) is 12.1. The van der Waals surface area contributed by atoms with E-state index in [2.05, 4.69) is 0 Å². The van der Waals surface area contributed by atoms with Gasteiger partial charge in [0.15, 0.2) is 0 Å². The van der Waals surface area contributed by atoms with Gasteiger partial charge in [0.2, 0.25) is 0 Å². The number of hydrogen-bond donors (Lipinski definition) is 4. The normalized spacial score (nSPS) is 13.0. The van der Waals surface area contributed by atoms with Crippen LogP contribution in [0.3, 0.4) is 0 Å². The Labute approximate surface area is 265 Å². The van der Waals surface area contributed by atoms with Crippen molar-refractivity contribution in [3.63, 3.8) is 0 Å². The molecule has 0 heterocycles.